The van der Waals surface area contributed by atoms with Gasteiger partial charge in [-0.25, -0.2) is 0 Å². The summed E-state index contributed by atoms with van der Waals surface area (Å²) >= 11 is 0. The number of nitriles is 1. The van der Waals surface area contributed by atoms with E-state index >= 15 is 0 Å². The Hall–Kier alpha value is -2.19. The second-order valence-corrected chi connectivity index (χ2v) is 4.46. The molecule has 1 aromatic heterocycles. The number of nitrogens with zero attached hydrogens (tertiary/aromatic N) is 3. The fraction of sp³-hybridized carbons (Fsp3) is 0.357. The number of hydrogen-bond donors (Lipinski definition) is 2. The van der Waals surface area contributed by atoms with E-state index in [1.165, 1.54) is 0 Å². The van der Waals surface area contributed by atoms with Crippen molar-refractivity contribution in [3.05, 3.63) is 30.0 Å². The second-order valence-electron chi connectivity index (χ2n) is 4.46. The summed E-state index contributed by atoms with van der Waals surface area (Å²) in [5.41, 5.74) is 1.78. The average Bonchev–Trinajstić information content (AvgIpc) is 2.45. The van der Waals surface area contributed by atoms with Crippen molar-refractivity contribution < 1.29 is 5.11 Å². The molecule has 0 spiro atoms. The largest absolute Gasteiger partial charge is 0.396 e. The molecule has 0 bridgehead atoms. The van der Waals surface area contributed by atoms with Crippen molar-refractivity contribution in [1.29, 1.82) is 5.26 Å². The van der Waals surface area contributed by atoms with Gasteiger partial charge >= 0.3 is 0 Å². The molecule has 98 valence electrons. The number of anilines is 1. The maximum absolute atomic E-state index is 9.13. The van der Waals surface area contributed by atoms with E-state index in [-0.39, 0.29) is 12.6 Å². The minimum absolute atomic E-state index is 0.159. The van der Waals surface area contributed by atoms with E-state index in [1.807, 2.05) is 31.2 Å². The highest BCUT2D eigenvalue weighted by Crippen LogP contribution is 2.24. The molecule has 0 aliphatic carbocycles. The van der Waals surface area contributed by atoms with Gasteiger partial charge in [0.2, 0.25) is 0 Å². The molecule has 2 aromatic rings. The highest BCUT2D eigenvalue weighted by molar-refractivity contribution is 5.92. The fourth-order valence-electron chi connectivity index (χ4n) is 1.99. The van der Waals surface area contributed by atoms with E-state index in [4.69, 9.17) is 10.4 Å². The van der Waals surface area contributed by atoms with E-state index in [9.17, 15) is 0 Å². The lowest BCUT2D eigenvalue weighted by molar-refractivity contribution is 0.282. The van der Waals surface area contributed by atoms with Gasteiger partial charge in [0.1, 0.15) is 6.07 Å². The summed E-state index contributed by atoms with van der Waals surface area (Å²) in [6.07, 6.45) is 1.56. The smallest absolute Gasteiger partial charge is 0.186 e. The first-order valence-electron chi connectivity index (χ1n) is 6.29. The van der Waals surface area contributed by atoms with Crippen molar-refractivity contribution in [2.24, 2.45) is 0 Å². The predicted molar refractivity (Wildman–Crippen MR) is 73.7 cm³/mol. The summed E-state index contributed by atoms with van der Waals surface area (Å²) in [5.74, 6) is 0. The zero-order chi connectivity index (χ0) is 13.7. The molecular weight excluding hydrogens is 240 g/mol. The first-order chi connectivity index (χ1) is 9.26. The third kappa shape index (κ3) is 2.98. The Morgan fingerprint density at radius 2 is 2.16 bits per heavy atom. The molecule has 19 heavy (non-hydrogen) atoms. The molecule has 1 atom stereocenters. The molecule has 2 rings (SSSR count). The Kier molecular flexibility index (Phi) is 4.26. The minimum atomic E-state index is 0.159. The molecule has 0 aliphatic rings. The van der Waals surface area contributed by atoms with Gasteiger partial charge in [0, 0.05) is 18.0 Å². The van der Waals surface area contributed by atoms with Gasteiger partial charge in [-0.05, 0) is 25.8 Å². The number of benzene rings is 1. The Morgan fingerprint density at radius 1 is 1.37 bits per heavy atom. The van der Waals surface area contributed by atoms with Gasteiger partial charge in [-0.1, -0.05) is 18.2 Å². The Bertz CT molecular complexity index is 606. The third-order valence-electron chi connectivity index (χ3n) is 2.96. The monoisotopic (exact) mass is 256 g/mol. The topological polar surface area (TPSA) is 81.8 Å². The first kappa shape index (κ1) is 13.2. The maximum Gasteiger partial charge on any atom is 0.186 e. The van der Waals surface area contributed by atoms with Crippen LogP contribution in [-0.2, 0) is 0 Å². The summed E-state index contributed by atoms with van der Waals surface area (Å²) < 4.78 is 0. The van der Waals surface area contributed by atoms with Crippen molar-refractivity contribution in [1.82, 2.24) is 10.2 Å². The number of aliphatic hydroxyl groups excluding tert-OH is 1. The van der Waals surface area contributed by atoms with Gasteiger partial charge in [-0.2, -0.15) is 5.26 Å². The molecule has 0 aliphatic heterocycles. The molecule has 5 heteroatoms. The van der Waals surface area contributed by atoms with E-state index in [0.29, 0.717) is 5.69 Å². The van der Waals surface area contributed by atoms with Crippen LogP contribution in [0.4, 0.5) is 5.69 Å². The van der Waals surface area contributed by atoms with E-state index in [1.54, 1.807) is 0 Å². The highest BCUT2D eigenvalue weighted by Gasteiger charge is 2.12. The predicted octanol–water partition coefficient (Wildman–Crippen LogP) is 2.07. The van der Waals surface area contributed by atoms with Gasteiger partial charge in [0.05, 0.1) is 11.2 Å². The van der Waals surface area contributed by atoms with Crippen LogP contribution in [-0.4, -0.2) is 28.0 Å². The first-order valence-corrected chi connectivity index (χ1v) is 6.29. The van der Waals surface area contributed by atoms with Crippen molar-refractivity contribution in [3.8, 4) is 6.07 Å². The Morgan fingerprint density at radius 3 is 2.89 bits per heavy atom. The van der Waals surface area contributed by atoms with Crippen molar-refractivity contribution in [2.75, 3.05) is 11.9 Å². The zero-order valence-electron chi connectivity index (χ0n) is 10.8. The number of aliphatic hydroxyl groups is 1. The van der Waals surface area contributed by atoms with Crippen molar-refractivity contribution in [3.63, 3.8) is 0 Å². The van der Waals surface area contributed by atoms with Crippen LogP contribution in [0.3, 0.4) is 0 Å². The lowest BCUT2D eigenvalue weighted by Gasteiger charge is -2.16. The van der Waals surface area contributed by atoms with Crippen LogP contribution in [0, 0.1) is 11.3 Å². The molecule has 2 N–H and O–H groups in total. The molecule has 1 aromatic carbocycles. The summed E-state index contributed by atoms with van der Waals surface area (Å²) in [6.45, 7) is 2.19. The van der Waals surface area contributed by atoms with Crippen LogP contribution in [0.1, 0.15) is 25.5 Å². The van der Waals surface area contributed by atoms with Gasteiger partial charge < -0.3 is 10.4 Å². The summed E-state index contributed by atoms with van der Waals surface area (Å²) in [5, 5.41) is 30.1. The summed E-state index contributed by atoms with van der Waals surface area (Å²) in [7, 11) is 0. The molecule has 0 amide bonds. The van der Waals surface area contributed by atoms with Crippen LogP contribution >= 0.6 is 0 Å². The van der Waals surface area contributed by atoms with Crippen LogP contribution < -0.4 is 5.32 Å². The molecule has 1 heterocycles. The Labute approximate surface area is 111 Å². The molecular formula is C14H16N4O. The molecule has 1 unspecified atom stereocenters. The van der Waals surface area contributed by atoms with Gasteiger partial charge in [-0.15, -0.1) is 10.2 Å². The van der Waals surface area contributed by atoms with Crippen LogP contribution in [0.15, 0.2) is 24.3 Å². The third-order valence-corrected chi connectivity index (χ3v) is 2.96. The summed E-state index contributed by atoms with van der Waals surface area (Å²) in [6, 6.07) is 9.82. The molecule has 5 nitrogen and oxygen atoms in total. The normalized spacial score (nSPS) is 12.1. The number of nitrogens with one attached hydrogen (secondary N) is 1. The molecule has 0 fully saturated rings. The van der Waals surface area contributed by atoms with E-state index < -0.39 is 0 Å². The number of aromatic nitrogens is 2. The van der Waals surface area contributed by atoms with Crippen LogP contribution in [0.5, 0.6) is 0 Å². The highest BCUT2D eigenvalue weighted by atomic mass is 16.2. The maximum atomic E-state index is 9.13. The average molecular weight is 256 g/mol. The van der Waals surface area contributed by atoms with Gasteiger partial charge in [-0.3, -0.25) is 0 Å². The molecule has 0 radical (unpaired) electrons. The second kappa shape index (κ2) is 6.12. The van der Waals surface area contributed by atoms with Crippen molar-refractivity contribution in [2.45, 2.75) is 25.8 Å². The number of hydrogen-bond acceptors (Lipinski definition) is 5. The Balaban J connectivity index is 2.37. The number of fused-ring (bicyclic) bond motifs is 1. The standard InChI is InChI=1S/C14H16N4O/c1-10(5-4-8-19)16-14-11-6-2-3-7-12(11)17-18-13(14)9-15/h2-3,6-7,10,19H,4-5,8H2,1H3,(H,16,17). The van der Waals surface area contributed by atoms with E-state index in [0.717, 1.165) is 29.4 Å². The van der Waals surface area contributed by atoms with Crippen LogP contribution in [0.2, 0.25) is 0 Å². The summed E-state index contributed by atoms with van der Waals surface area (Å²) in [4.78, 5) is 0. The van der Waals surface area contributed by atoms with E-state index in [2.05, 4.69) is 21.6 Å². The van der Waals surface area contributed by atoms with Gasteiger partial charge in [0.15, 0.2) is 5.69 Å². The van der Waals surface area contributed by atoms with Gasteiger partial charge in [0.25, 0.3) is 0 Å². The van der Waals surface area contributed by atoms with Crippen molar-refractivity contribution >= 4 is 16.6 Å². The zero-order valence-corrected chi connectivity index (χ0v) is 10.8. The fourth-order valence-corrected chi connectivity index (χ4v) is 1.99. The SMILES string of the molecule is CC(CCCO)Nc1c(C#N)nnc2ccccc12. The molecule has 0 saturated heterocycles. The minimum Gasteiger partial charge on any atom is -0.396 e. The molecule has 0 saturated carbocycles. The van der Waals surface area contributed by atoms with Crippen LogP contribution in [0.25, 0.3) is 10.9 Å². The quantitative estimate of drug-likeness (QED) is 0.855. The lowest BCUT2D eigenvalue weighted by Crippen LogP contribution is -2.17. The number of rotatable bonds is 5. The lowest BCUT2D eigenvalue weighted by atomic mass is 10.1.